The Kier molecular flexibility index (Phi) is 6.24. The average Bonchev–Trinajstić information content (AvgIpc) is 2.88. The molecule has 1 aromatic rings. The summed E-state index contributed by atoms with van der Waals surface area (Å²) in [5, 5.41) is 5.83. The summed E-state index contributed by atoms with van der Waals surface area (Å²) < 4.78 is 0. The van der Waals surface area contributed by atoms with Gasteiger partial charge in [0.15, 0.2) is 0 Å². The Hall–Kier alpha value is -0.380. The van der Waals surface area contributed by atoms with E-state index in [9.17, 15) is 0 Å². The Morgan fingerprint density at radius 3 is 2.40 bits per heavy atom. The zero-order valence-electron chi connectivity index (χ0n) is 14.3. The van der Waals surface area contributed by atoms with Crippen LogP contribution in [0, 0.1) is 5.41 Å². The van der Waals surface area contributed by atoms with Crippen LogP contribution in [0.15, 0.2) is 17.5 Å². The van der Waals surface area contributed by atoms with E-state index in [2.05, 4.69) is 76.3 Å². The second-order valence-electron chi connectivity index (χ2n) is 7.37. The molecule has 0 radical (unpaired) electrons. The molecule has 0 fully saturated rings. The molecule has 1 aromatic heterocycles. The topological polar surface area (TPSA) is 15.3 Å². The first-order valence-electron chi connectivity index (χ1n) is 7.65. The molecule has 0 saturated carbocycles. The van der Waals surface area contributed by atoms with E-state index in [1.54, 1.807) is 0 Å². The quantitative estimate of drug-likeness (QED) is 0.794. The van der Waals surface area contributed by atoms with Crippen molar-refractivity contribution in [2.24, 2.45) is 5.41 Å². The number of hydrogen-bond acceptors (Lipinski definition) is 3. The van der Waals surface area contributed by atoms with E-state index in [-0.39, 0.29) is 5.54 Å². The fourth-order valence-corrected chi connectivity index (χ4v) is 3.10. The van der Waals surface area contributed by atoms with E-state index in [0.717, 1.165) is 13.1 Å². The van der Waals surface area contributed by atoms with Crippen LogP contribution >= 0.6 is 11.3 Å². The van der Waals surface area contributed by atoms with Crippen molar-refractivity contribution in [1.29, 1.82) is 0 Å². The third-order valence-corrected chi connectivity index (χ3v) is 5.19. The number of hydrogen-bond donors (Lipinski definition) is 1. The predicted octanol–water partition coefficient (Wildman–Crippen LogP) is 4.55. The molecule has 3 heteroatoms. The SMILES string of the molecule is CCC(C)(CNC(C)(C)C)CN(C)C(C)c1cccs1. The van der Waals surface area contributed by atoms with Gasteiger partial charge in [0.1, 0.15) is 0 Å². The van der Waals surface area contributed by atoms with Crippen molar-refractivity contribution in [2.75, 3.05) is 20.1 Å². The molecule has 1 heterocycles. The van der Waals surface area contributed by atoms with E-state index >= 15 is 0 Å². The molecule has 2 unspecified atom stereocenters. The van der Waals surface area contributed by atoms with Gasteiger partial charge in [0.05, 0.1) is 0 Å². The van der Waals surface area contributed by atoms with E-state index in [1.165, 1.54) is 11.3 Å². The number of thiophene rings is 1. The molecular formula is C17H32N2S. The lowest BCUT2D eigenvalue weighted by Gasteiger charge is -2.38. The van der Waals surface area contributed by atoms with Crippen molar-refractivity contribution in [3.05, 3.63) is 22.4 Å². The van der Waals surface area contributed by atoms with Crippen LogP contribution in [-0.4, -0.2) is 30.6 Å². The van der Waals surface area contributed by atoms with Crippen LogP contribution in [0.4, 0.5) is 0 Å². The molecule has 0 amide bonds. The summed E-state index contributed by atoms with van der Waals surface area (Å²) in [4.78, 5) is 3.94. The minimum absolute atomic E-state index is 0.189. The van der Waals surface area contributed by atoms with Gasteiger partial charge >= 0.3 is 0 Å². The molecule has 0 saturated heterocycles. The summed E-state index contributed by atoms with van der Waals surface area (Å²) in [5.74, 6) is 0. The van der Waals surface area contributed by atoms with Crippen LogP contribution in [0.3, 0.4) is 0 Å². The highest BCUT2D eigenvalue weighted by atomic mass is 32.1. The molecule has 0 aliphatic rings. The summed E-state index contributed by atoms with van der Waals surface area (Å²) in [6.45, 7) is 15.9. The monoisotopic (exact) mass is 296 g/mol. The summed E-state index contributed by atoms with van der Waals surface area (Å²) in [6.07, 6.45) is 1.19. The van der Waals surface area contributed by atoms with E-state index in [4.69, 9.17) is 0 Å². The Labute approximate surface area is 129 Å². The van der Waals surface area contributed by atoms with Crippen molar-refractivity contribution in [3.63, 3.8) is 0 Å². The Morgan fingerprint density at radius 1 is 1.30 bits per heavy atom. The molecular weight excluding hydrogens is 264 g/mol. The highest BCUT2D eigenvalue weighted by Crippen LogP contribution is 2.29. The maximum Gasteiger partial charge on any atom is 0.0410 e. The van der Waals surface area contributed by atoms with Crippen LogP contribution in [0.2, 0.25) is 0 Å². The average molecular weight is 297 g/mol. The third kappa shape index (κ3) is 5.55. The largest absolute Gasteiger partial charge is 0.311 e. The van der Waals surface area contributed by atoms with Crippen LogP contribution in [-0.2, 0) is 0 Å². The molecule has 1 rings (SSSR count). The molecule has 2 atom stereocenters. The fraction of sp³-hybridized carbons (Fsp3) is 0.765. The van der Waals surface area contributed by atoms with Gasteiger partial charge in [-0.05, 0) is 58.0 Å². The lowest BCUT2D eigenvalue weighted by atomic mass is 9.85. The highest BCUT2D eigenvalue weighted by Gasteiger charge is 2.27. The van der Waals surface area contributed by atoms with Crippen molar-refractivity contribution >= 4 is 11.3 Å². The smallest absolute Gasteiger partial charge is 0.0410 e. The van der Waals surface area contributed by atoms with Gasteiger partial charge in [0.2, 0.25) is 0 Å². The number of nitrogens with zero attached hydrogens (tertiary/aromatic N) is 1. The van der Waals surface area contributed by atoms with E-state index in [0.29, 0.717) is 11.5 Å². The number of nitrogens with one attached hydrogen (secondary N) is 1. The van der Waals surface area contributed by atoms with Crippen LogP contribution in [0.25, 0.3) is 0 Å². The van der Waals surface area contributed by atoms with Gasteiger partial charge in [-0.15, -0.1) is 11.3 Å². The second kappa shape index (κ2) is 7.06. The zero-order chi connectivity index (χ0) is 15.4. The van der Waals surface area contributed by atoms with E-state index < -0.39 is 0 Å². The molecule has 20 heavy (non-hydrogen) atoms. The second-order valence-corrected chi connectivity index (χ2v) is 8.35. The summed E-state index contributed by atoms with van der Waals surface area (Å²) in [6, 6.07) is 4.88. The molecule has 0 aromatic carbocycles. The molecule has 0 spiro atoms. The Bertz CT molecular complexity index is 380. The molecule has 0 aliphatic carbocycles. The lowest BCUT2D eigenvalue weighted by molar-refractivity contribution is 0.141. The van der Waals surface area contributed by atoms with Crippen LogP contribution in [0.5, 0.6) is 0 Å². The number of rotatable bonds is 7. The normalized spacial score (nSPS) is 17.2. The molecule has 2 nitrogen and oxygen atoms in total. The minimum Gasteiger partial charge on any atom is -0.311 e. The first-order valence-corrected chi connectivity index (χ1v) is 8.53. The van der Waals surface area contributed by atoms with Gasteiger partial charge < -0.3 is 5.32 Å². The van der Waals surface area contributed by atoms with Crippen molar-refractivity contribution in [1.82, 2.24) is 10.2 Å². The van der Waals surface area contributed by atoms with Gasteiger partial charge in [0.25, 0.3) is 0 Å². The van der Waals surface area contributed by atoms with Crippen molar-refractivity contribution in [3.8, 4) is 0 Å². The van der Waals surface area contributed by atoms with Gasteiger partial charge in [-0.25, -0.2) is 0 Å². The van der Waals surface area contributed by atoms with Crippen molar-refractivity contribution < 1.29 is 0 Å². The van der Waals surface area contributed by atoms with Crippen LogP contribution in [0.1, 0.15) is 58.9 Å². The van der Waals surface area contributed by atoms with Gasteiger partial charge in [-0.2, -0.15) is 0 Å². The Morgan fingerprint density at radius 2 is 1.95 bits per heavy atom. The van der Waals surface area contributed by atoms with Gasteiger partial charge in [0, 0.05) is 29.5 Å². The fourth-order valence-electron chi connectivity index (χ4n) is 2.26. The molecule has 116 valence electrons. The minimum atomic E-state index is 0.189. The van der Waals surface area contributed by atoms with Crippen molar-refractivity contribution in [2.45, 2.75) is 59.5 Å². The molecule has 1 N–H and O–H groups in total. The maximum atomic E-state index is 3.67. The summed E-state index contributed by atoms with van der Waals surface area (Å²) in [5.41, 5.74) is 0.502. The molecule has 0 aliphatic heterocycles. The van der Waals surface area contributed by atoms with Crippen LogP contribution < -0.4 is 5.32 Å². The zero-order valence-corrected chi connectivity index (χ0v) is 15.1. The van der Waals surface area contributed by atoms with E-state index in [1.807, 2.05) is 11.3 Å². The predicted molar refractivity (Wildman–Crippen MR) is 91.5 cm³/mol. The third-order valence-electron chi connectivity index (χ3n) is 4.15. The Balaban J connectivity index is 2.62. The first kappa shape index (κ1) is 17.7. The standard InChI is InChI=1S/C17H32N2S/c1-8-17(6,12-18-16(3,4)5)13-19(7)14(2)15-10-9-11-20-15/h9-11,14,18H,8,12-13H2,1-7H3. The summed E-state index contributed by atoms with van der Waals surface area (Å²) >= 11 is 1.85. The lowest BCUT2D eigenvalue weighted by Crippen LogP contribution is -2.47. The summed E-state index contributed by atoms with van der Waals surface area (Å²) in [7, 11) is 2.25. The first-order chi connectivity index (χ1) is 9.17. The highest BCUT2D eigenvalue weighted by molar-refractivity contribution is 7.10. The van der Waals surface area contributed by atoms with Gasteiger partial charge in [-0.1, -0.05) is 19.9 Å². The molecule has 0 bridgehead atoms. The van der Waals surface area contributed by atoms with Gasteiger partial charge in [-0.3, -0.25) is 4.90 Å². The maximum absolute atomic E-state index is 3.67.